The Kier molecular flexibility index (Phi) is 2.77. The number of rotatable bonds is 0. The molecule has 0 unspecified atom stereocenters. The predicted octanol–water partition coefficient (Wildman–Crippen LogP) is 3.39. The SMILES string of the molecule is CC(C)(C)[C@H]1CCc2[nH+]c3ccccc3c(N)c2C1. The zero-order valence-electron chi connectivity index (χ0n) is 12.1. The number of benzene rings is 1. The third-order valence-corrected chi connectivity index (χ3v) is 4.61. The average Bonchev–Trinajstić information content (AvgIpc) is 2.37. The van der Waals surface area contributed by atoms with Gasteiger partial charge in [0.1, 0.15) is 0 Å². The molecule has 0 fully saturated rings. The Labute approximate surface area is 115 Å². The maximum atomic E-state index is 6.43. The van der Waals surface area contributed by atoms with Crippen LogP contribution >= 0.6 is 0 Å². The van der Waals surface area contributed by atoms with Crippen molar-refractivity contribution in [1.82, 2.24) is 0 Å². The second kappa shape index (κ2) is 4.22. The Morgan fingerprint density at radius 3 is 2.68 bits per heavy atom. The smallest absolute Gasteiger partial charge is 0.213 e. The van der Waals surface area contributed by atoms with Crippen molar-refractivity contribution in [3.05, 3.63) is 35.5 Å². The number of H-pyrrole nitrogens is 1. The fourth-order valence-corrected chi connectivity index (χ4v) is 3.24. The van der Waals surface area contributed by atoms with Crippen LogP contribution in [0.1, 0.15) is 38.4 Å². The summed E-state index contributed by atoms with van der Waals surface area (Å²) in [6.45, 7) is 7.01. The van der Waals surface area contributed by atoms with Gasteiger partial charge in [0.15, 0.2) is 5.69 Å². The molecular formula is C17H23N2+. The van der Waals surface area contributed by atoms with E-state index in [9.17, 15) is 0 Å². The van der Waals surface area contributed by atoms with Crippen molar-refractivity contribution >= 4 is 16.6 Å². The number of fused-ring (bicyclic) bond motifs is 2. The Hall–Kier alpha value is -1.57. The second-order valence-corrected chi connectivity index (χ2v) is 6.85. The van der Waals surface area contributed by atoms with Gasteiger partial charge in [-0.25, -0.2) is 4.98 Å². The van der Waals surface area contributed by atoms with Gasteiger partial charge in [-0.05, 0) is 30.2 Å². The summed E-state index contributed by atoms with van der Waals surface area (Å²) in [7, 11) is 0. The molecule has 1 aliphatic carbocycles. The molecule has 1 aromatic carbocycles. The highest BCUT2D eigenvalue weighted by molar-refractivity contribution is 5.89. The molecule has 2 heteroatoms. The van der Waals surface area contributed by atoms with Crippen molar-refractivity contribution in [2.24, 2.45) is 11.3 Å². The minimum Gasteiger partial charge on any atom is -0.398 e. The molecule has 2 aromatic rings. The fraction of sp³-hybridized carbons (Fsp3) is 0.471. The zero-order valence-corrected chi connectivity index (χ0v) is 12.1. The number of nitrogens with two attached hydrogens (primary N) is 1. The van der Waals surface area contributed by atoms with E-state index in [4.69, 9.17) is 5.73 Å². The lowest BCUT2D eigenvalue weighted by Gasteiger charge is -2.33. The van der Waals surface area contributed by atoms with Crippen molar-refractivity contribution in [3.63, 3.8) is 0 Å². The van der Waals surface area contributed by atoms with Gasteiger partial charge < -0.3 is 5.73 Å². The molecule has 0 aliphatic heterocycles. The van der Waals surface area contributed by atoms with Crippen LogP contribution < -0.4 is 10.7 Å². The minimum absolute atomic E-state index is 0.357. The topological polar surface area (TPSA) is 40.2 Å². The summed E-state index contributed by atoms with van der Waals surface area (Å²) in [6.07, 6.45) is 3.48. The van der Waals surface area contributed by atoms with E-state index < -0.39 is 0 Å². The monoisotopic (exact) mass is 255 g/mol. The van der Waals surface area contributed by atoms with Crippen LogP contribution in [0.5, 0.6) is 0 Å². The molecule has 100 valence electrons. The molecular weight excluding hydrogens is 232 g/mol. The third kappa shape index (κ3) is 2.09. The first-order chi connectivity index (χ1) is 8.97. The summed E-state index contributed by atoms with van der Waals surface area (Å²) in [4.78, 5) is 3.58. The van der Waals surface area contributed by atoms with Gasteiger partial charge >= 0.3 is 0 Å². The predicted molar refractivity (Wildman–Crippen MR) is 79.9 cm³/mol. The largest absolute Gasteiger partial charge is 0.398 e. The quantitative estimate of drug-likeness (QED) is 0.770. The molecule has 3 rings (SSSR count). The highest BCUT2D eigenvalue weighted by Crippen LogP contribution is 2.39. The molecule has 1 aliphatic rings. The van der Waals surface area contributed by atoms with E-state index in [1.807, 2.05) is 0 Å². The first-order valence-electron chi connectivity index (χ1n) is 7.18. The fourth-order valence-electron chi connectivity index (χ4n) is 3.24. The molecule has 0 bridgehead atoms. The maximum Gasteiger partial charge on any atom is 0.213 e. The van der Waals surface area contributed by atoms with Gasteiger partial charge in [0.25, 0.3) is 0 Å². The van der Waals surface area contributed by atoms with Crippen molar-refractivity contribution in [2.75, 3.05) is 5.73 Å². The number of pyridine rings is 1. The van der Waals surface area contributed by atoms with Crippen LogP contribution in [0.25, 0.3) is 10.9 Å². The summed E-state index contributed by atoms with van der Waals surface area (Å²) < 4.78 is 0. The van der Waals surface area contributed by atoms with E-state index in [-0.39, 0.29) is 0 Å². The number of nitrogen functional groups attached to an aromatic ring is 1. The molecule has 0 saturated heterocycles. The molecule has 2 nitrogen and oxygen atoms in total. The first-order valence-corrected chi connectivity index (χ1v) is 7.18. The van der Waals surface area contributed by atoms with Crippen molar-refractivity contribution in [2.45, 2.75) is 40.0 Å². The Balaban J connectivity index is 2.12. The first kappa shape index (κ1) is 12.5. The van der Waals surface area contributed by atoms with Gasteiger partial charge in [0, 0.05) is 18.1 Å². The number of aromatic nitrogens is 1. The molecule has 0 radical (unpaired) electrons. The van der Waals surface area contributed by atoms with Crippen LogP contribution in [0.3, 0.4) is 0 Å². The zero-order chi connectivity index (χ0) is 13.6. The molecule has 19 heavy (non-hydrogen) atoms. The number of aryl methyl sites for hydroxylation is 1. The van der Waals surface area contributed by atoms with Crippen molar-refractivity contribution < 1.29 is 4.98 Å². The van der Waals surface area contributed by atoms with Crippen molar-refractivity contribution in [1.29, 1.82) is 0 Å². The van der Waals surface area contributed by atoms with Gasteiger partial charge in [0.2, 0.25) is 5.52 Å². The lowest BCUT2D eigenvalue weighted by molar-refractivity contribution is -0.359. The van der Waals surface area contributed by atoms with Crippen LogP contribution in [0, 0.1) is 11.3 Å². The number of aromatic amines is 1. The van der Waals surface area contributed by atoms with Crippen molar-refractivity contribution in [3.8, 4) is 0 Å². The molecule has 0 amide bonds. The van der Waals surface area contributed by atoms with Crippen LogP contribution in [0.4, 0.5) is 5.69 Å². The number of hydrogen-bond donors (Lipinski definition) is 1. The summed E-state index contributed by atoms with van der Waals surface area (Å²) in [5.74, 6) is 0.719. The van der Waals surface area contributed by atoms with Gasteiger partial charge in [-0.15, -0.1) is 0 Å². The number of para-hydroxylation sites is 1. The highest BCUT2D eigenvalue weighted by atomic mass is 14.7. The molecule has 0 saturated carbocycles. The molecule has 1 aromatic heterocycles. The Morgan fingerprint density at radius 1 is 1.21 bits per heavy atom. The van der Waals surface area contributed by atoms with E-state index in [1.54, 1.807) is 0 Å². The molecule has 1 atom stereocenters. The normalized spacial score (nSPS) is 19.4. The summed E-state index contributed by atoms with van der Waals surface area (Å²) in [5, 5.41) is 1.16. The van der Waals surface area contributed by atoms with E-state index in [0.717, 1.165) is 35.3 Å². The summed E-state index contributed by atoms with van der Waals surface area (Å²) in [6, 6.07) is 8.35. The molecule has 1 heterocycles. The number of anilines is 1. The second-order valence-electron chi connectivity index (χ2n) is 6.85. The van der Waals surface area contributed by atoms with Crippen LogP contribution in [-0.2, 0) is 12.8 Å². The van der Waals surface area contributed by atoms with E-state index >= 15 is 0 Å². The van der Waals surface area contributed by atoms with E-state index in [2.05, 4.69) is 50.0 Å². The molecule has 3 N–H and O–H groups in total. The summed E-state index contributed by atoms with van der Waals surface area (Å²) in [5.41, 5.74) is 11.6. The lowest BCUT2D eigenvalue weighted by atomic mass is 9.71. The minimum atomic E-state index is 0.357. The van der Waals surface area contributed by atoms with Gasteiger partial charge in [-0.2, -0.15) is 0 Å². The van der Waals surface area contributed by atoms with E-state index in [1.165, 1.54) is 17.7 Å². The van der Waals surface area contributed by atoms with Gasteiger partial charge in [0.05, 0.1) is 11.1 Å². The van der Waals surface area contributed by atoms with Crippen LogP contribution in [0.15, 0.2) is 24.3 Å². The third-order valence-electron chi connectivity index (χ3n) is 4.61. The van der Waals surface area contributed by atoms with Gasteiger partial charge in [-0.1, -0.05) is 32.9 Å². The lowest BCUT2D eigenvalue weighted by Crippen LogP contribution is -2.31. The van der Waals surface area contributed by atoms with Gasteiger partial charge in [-0.3, -0.25) is 0 Å². The maximum absolute atomic E-state index is 6.43. The van der Waals surface area contributed by atoms with Crippen LogP contribution in [0.2, 0.25) is 0 Å². The Morgan fingerprint density at radius 2 is 1.95 bits per heavy atom. The number of hydrogen-bond acceptors (Lipinski definition) is 1. The highest BCUT2D eigenvalue weighted by Gasteiger charge is 2.33. The number of nitrogens with one attached hydrogen (secondary N) is 1. The average molecular weight is 255 g/mol. The summed E-state index contributed by atoms with van der Waals surface area (Å²) >= 11 is 0. The van der Waals surface area contributed by atoms with E-state index in [0.29, 0.717) is 5.41 Å². The Bertz CT molecular complexity index is 623. The standard InChI is InChI=1S/C17H22N2/c1-17(2,3)11-8-9-15-13(10-11)16(18)12-6-4-5-7-14(12)19-15/h4-7,11H,8-10H2,1-3H3,(H2,18,19)/p+1/t11-/m0/s1. The molecule has 0 spiro atoms. The van der Waals surface area contributed by atoms with Crippen LogP contribution in [-0.4, -0.2) is 0 Å².